The molecule has 2 aliphatic heterocycles. The van der Waals surface area contributed by atoms with Crippen molar-refractivity contribution in [2.24, 2.45) is 5.41 Å². The molecule has 2 aliphatic rings. The van der Waals surface area contributed by atoms with Gasteiger partial charge in [0.2, 0.25) is 0 Å². The van der Waals surface area contributed by atoms with Gasteiger partial charge in [-0.2, -0.15) is 0 Å². The average molecular weight is 366 g/mol. The second-order valence-electron chi connectivity index (χ2n) is 5.36. The number of amides is 1. The molecule has 0 atom stereocenters. The topological polar surface area (TPSA) is 32.3 Å². The zero-order valence-electron chi connectivity index (χ0n) is 10.7. The van der Waals surface area contributed by atoms with Crippen LogP contribution in [0.2, 0.25) is 0 Å². The molecule has 106 valence electrons. The van der Waals surface area contributed by atoms with Gasteiger partial charge in [0.05, 0.1) is 9.35 Å². The number of likely N-dealkylation sites (tertiary alicyclic amines) is 1. The molecule has 0 bridgehead atoms. The van der Waals surface area contributed by atoms with Gasteiger partial charge in [-0.1, -0.05) is 0 Å². The molecule has 3 heterocycles. The molecule has 0 aromatic carbocycles. The molecule has 3 rings (SSSR count). The number of nitrogens with one attached hydrogen (secondary N) is 1. The number of rotatable bonds is 1. The van der Waals surface area contributed by atoms with Crippen LogP contribution in [0.4, 0.5) is 0 Å². The van der Waals surface area contributed by atoms with Crippen molar-refractivity contribution in [2.75, 3.05) is 26.2 Å². The Morgan fingerprint density at radius 2 is 2.11 bits per heavy atom. The highest BCUT2D eigenvalue weighted by Gasteiger charge is 2.38. The number of nitrogens with zero attached hydrogens (tertiary/aromatic N) is 1. The van der Waals surface area contributed by atoms with E-state index in [0.717, 1.165) is 48.4 Å². The number of carbonyl (C=O) groups excluding carboxylic acids is 1. The van der Waals surface area contributed by atoms with E-state index >= 15 is 0 Å². The summed E-state index contributed by atoms with van der Waals surface area (Å²) in [7, 11) is 0. The molecular weight excluding hydrogens is 348 g/mol. The molecule has 19 heavy (non-hydrogen) atoms. The van der Waals surface area contributed by atoms with E-state index in [0.29, 0.717) is 5.41 Å². The van der Waals surface area contributed by atoms with Crippen LogP contribution in [-0.4, -0.2) is 37.0 Å². The van der Waals surface area contributed by atoms with Crippen LogP contribution >= 0.6 is 39.7 Å². The summed E-state index contributed by atoms with van der Waals surface area (Å²) in [6, 6.07) is 1.93. The minimum Gasteiger partial charge on any atom is -0.339 e. The first-order valence-electron chi connectivity index (χ1n) is 6.43. The highest BCUT2D eigenvalue weighted by Crippen LogP contribution is 2.37. The van der Waals surface area contributed by atoms with E-state index in [-0.39, 0.29) is 18.3 Å². The highest BCUT2D eigenvalue weighted by atomic mass is 79.9. The van der Waals surface area contributed by atoms with Crippen molar-refractivity contribution >= 4 is 45.6 Å². The Morgan fingerprint density at radius 3 is 2.63 bits per heavy atom. The smallest absolute Gasteiger partial charge is 0.254 e. The molecular formula is C13H18BrClN2OS. The number of hydrogen-bond acceptors (Lipinski definition) is 3. The van der Waals surface area contributed by atoms with Crippen LogP contribution in [0.5, 0.6) is 0 Å². The minimum absolute atomic E-state index is 0. The van der Waals surface area contributed by atoms with Crippen LogP contribution in [0.3, 0.4) is 0 Å². The number of carbonyl (C=O) groups is 1. The summed E-state index contributed by atoms with van der Waals surface area (Å²) in [6.07, 6.45) is 3.58. The standard InChI is InChI=1S/C13H17BrN2OS.ClH/c14-11-7-10(8-18-11)12(17)16-5-2-13(3-6-16)1-4-15-9-13;/h7-8,15H,1-6,9H2;1H. The average Bonchev–Trinajstić information content (AvgIpc) is 3.00. The lowest BCUT2D eigenvalue weighted by atomic mass is 9.78. The van der Waals surface area contributed by atoms with Gasteiger partial charge in [-0.05, 0) is 53.2 Å². The first-order valence-corrected chi connectivity index (χ1v) is 8.10. The van der Waals surface area contributed by atoms with E-state index in [9.17, 15) is 4.79 Å². The highest BCUT2D eigenvalue weighted by molar-refractivity contribution is 9.11. The predicted octanol–water partition coefficient (Wildman–Crippen LogP) is 3.15. The zero-order valence-corrected chi connectivity index (χ0v) is 13.9. The van der Waals surface area contributed by atoms with E-state index in [4.69, 9.17) is 0 Å². The molecule has 1 aromatic rings. The molecule has 6 heteroatoms. The maximum atomic E-state index is 12.3. The molecule has 0 radical (unpaired) electrons. The van der Waals surface area contributed by atoms with Gasteiger partial charge < -0.3 is 10.2 Å². The van der Waals surface area contributed by atoms with Crippen molar-refractivity contribution in [1.29, 1.82) is 0 Å². The van der Waals surface area contributed by atoms with Crippen molar-refractivity contribution in [1.82, 2.24) is 10.2 Å². The number of thiophene rings is 1. The summed E-state index contributed by atoms with van der Waals surface area (Å²) >= 11 is 4.99. The van der Waals surface area contributed by atoms with E-state index in [1.54, 1.807) is 11.3 Å². The van der Waals surface area contributed by atoms with E-state index < -0.39 is 0 Å². The Hall–Kier alpha value is -0.100. The van der Waals surface area contributed by atoms with Crippen molar-refractivity contribution in [3.8, 4) is 0 Å². The molecule has 3 nitrogen and oxygen atoms in total. The van der Waals surface area contributed by atoms with Crippen molar-refractivity contribution in [2.45, 2.75) is 19.3 Å². The first-order chi connectivity index (χ1) is 8.69. The van der Waals surface area contributed by atoms with Gasteiger partial charge >= 0.3 is 0 Å². The monoisotopic (exact) mass is 364 g/mol. The molecule has 1 spiro atoms. The second kappa shape index (κ2) is 6.12. The summed E-state index contributed by atoms with van der Waals surface area (Å²) in [6.45, 7) is 4.10. The lowest BCUT2D eigenvalue weighted by Crippen LogP contribution is -2.43. The van der Waals surface area contributed by atoms with E-state index in [2.05, 4.69) is 21.2 Å². The Bertz CT molecular complexity index is 449. The molecule has 0 aliphatic carbocycles. The van der Waals surface area contributed by atoms with Crippen LogP contribution in [-0.2, 0) is 0 Å². The minimum atomic E-state index is 0. The van der Waals surface area contributed by atoms with Gasteiger partial charge in [-0.25, -0.2) is 0 Å². The maximum absolute atomic E-state index is 12.3. The fraction of sp³-hybridized carbons (Fsp3) is 0.615. The van der Waals surface area contributed by atoms with Crippen LogP contribution in [0.1, 0.15) is 29.6 Å². The lowest BCUT2D eigenvalue weighted by Gasteiger charge is -2.38. The van der Waals surface area contributed by atoms with Crippen LogP contribution < -0.4 is 5.32 Å². The predicted molar refractivity (Wildman–Crippen MR) is 84.3 cm³/mol. The maximum Gasteiger partial charge on any atom is 0.254 e. The van der Waals surface area contributed by atoms with Crippen molar-refractivity contribution < 1.29 is 4.79 Å². The third-order valence-corrected chi connectivity index (χ3v) is 5.76. The fourth-order valence-electron chi connectivity index (χ4n) is 3.01. The van der Waals surface area contributed by atoms with Gasteiger partial charge in [-0.15, -0.1) is 23.7 Å². The quantitative estimate of drug-likeness (QED) is 0.829. The SMILES string of the molecule is Cl.O=C(c1csc(Br)c1)N1CCC2(CCNC2)CC1. The summed E-state index contributed by atoms with van der Waals surface area (Å²) in [5.74, 6) is 0.192. The van der Waals surface area contributed by atoms with Crippen LogP contribution in [0.25, 0.3) is 0 Å². The van der Waals surface area contributed by atoms with E-state index in [1.807, 2.05) is 16.3 Å². The summed E-state index contributed by atoms with van der Waals surface area (Å²) in [4.78, 5) is 14.3. The molecule has 1 N–H and O–H groups in total. The fourth-order valence-corrected chi connectivity index (χ4v) is 4.14. The van der Waals surface area contributed by atoms with Gasteiger partial charge in [0.25, 0.3) is 5.91 Å². The third kappa shape index (κ3) is 3.15. The summed E-state index contributed by atoms with van der Waals surface area (Å²) < 4.78 is 1.03. The molecule has 2 saturated heterocycles. The van der Waals surface area contributed by atoms with Crippen LogP contribution in [0, 0.1) is 5.41 Å². The Labute approximate surface area is 132 Å². The van der Waals surface area contributed by atoms with Crippen molar-refractivity contribution in [3.63, 3.8) is 0 Å². The number of hydrogen-bond donors (Lipinski definition) is 1. The third-order valence-electron chi connectivity index (χ3n) is 4.26. The second-order valence-corrected chi connectivity index (χ2v) is 7.65. The van der Waals surface area contributed by atoms with Gasteiger partial charge in [0.15, 0.2) is 0 Å². The van der Waals surface area contributed by atoms with Gasteiger partial charge in [0.1, 0.15) is 0 Å². The molecule has 0 unspecified atom stereocenters. The largest absolute Gasteiger partial charge is 0.339 e. The Kier molecular flexibility index (Phi) is 4.93. The lowest BCUT2D eigenvalue weighted by molar-refractivity contribution is 0.0608. The summed E-state index contributed by atoms with van der Waals surface area (Å²) in [5, 5.41) is 5.39. The van der Waals surface area contributed by atoms with Gasteiger partial charge in [-0.3, -0.25) is 4.79 Å². The molecule has 1 amide bonds. The number of halogens is 2. The molecule has 1 aromatic heterocycles. The number of piperidine rings is 1. The first kappa shape index (κ1) is 15.3. The van der Waals surface area contributed by atoms with Gasteiger partial charge in [0, 0.05) is 25.0 Å². The zero-order chi connectivity index (χ0) is 12.6. The van der Waals surface area contributed by atoms with Crippen LogP contribution in [0.15, 0.2) is 15.2 Å². The molecule has 2 fully saturated rings. The Morgan fingerprint density at radius 1 is 1.37 bits per heavy atom. The Balaban J connectivity index is 0.00000133. The normalized spacial score (nSPS) is 21.4. The van der Waals surface area contributed by atoms with Crippen molar-refractivity contribution in [3.05, 3.63) is 20.8 Å². The summed E-state index contributed by atoms with van der Waals surface area (Å²) in [5.41, 5.74) is 1.30. The molecule has 0 saturated carbocycles. The van der Waals surface area contributed by atoms with E-state index in [1.165, 1.54) is 6.42 Å².